The molecule has 0 bridgehead atoms. The molecule has 0 saturated carbocycles. The molecule has 20 heavy (non-hydrogen) atoms. The van der Waals surface area contributed by atoms with Crippen molar-refractivity contribution in [2.24, 2.45) is 0 Å². The molecule has 0 aliphatic rings. The molecule has 0 aliphatic heterocycles. The summed E-state index contributed by atoms with van der Waals surface area (Å²) >= 11 is 6.15. The Morgan fingerprint density at radius 3 is 2.70 bits per heavy atom. The van der Waals surface area contributed by atoms with E-state index in [0.29, 0.717) is 10.8 Å². The van der Waals surface area contributed by atoms with E-state index in [1.165, 1.54) is 0 Å². The Morgan fingerprint density at radius 1 is 1.40 bits per heavy atom. The number of benzene rings is 1. The number of hydrogen-bond donors (Lipinski definition) is 1. The van der Waals surface area contributed by atoms with Gasteiger partial charge in [0.05, 0.1) is 11.0 Å². The first kappa shape index (κ1) is 14.9. The smallest absolute Gasteiger partial charge is 0.251 e. The highest BCUT2D eigenvalue weighted by Crippen LogP contribution is 2.25. The van der Waals surface area contributed by atoms with Crippen molar-refractivity contribution in [3.8, 4) is 0 Å². The molecule has 1 atom stereocenters. The van der Waals surface area contributed by atoms with Crippen LogP contribution in [-0.4, -0.2) is 21.5 Å². The highest BCUT2D eigenvalue weighted by molar-refractivity contribution is 6.29. The zero-order valence-electron chi connectivity index (χ0n) is 12.3. The van der Waals surface area contributed by atoms with Crippen LogP contribution >= 0.6 is 11.6 Å². The second-order valence-corrected chi connectivity index (χ2v) is 5.67. The van der Waals surface area contributed by atoms with Crippen molar-refractivity contribution in [1.29, 1.82) is 0 Å². The largest absolute Gasteiger partial charge is 0.350 e. The molecule has 0 aliphatic carbocycles. The quantitative estimate of drug-likeness (QED) is 0.932. The van der Waals surface area contributed by atoms with Crippen LogP contribution < -0.4 is 5.32 Å². The van der Waals surface area contributed by atoms with E-state index in [0.717, 1.165) is 17.5 Å². The molecule has 1 heterocycles. The number of nitrogens with one attached hydrogen (secondary N) is 1. The molecule has 0 saturated heterocycles. The lowest BCUT2D eigenvalue weighted by molar-refractivity contribution is 0.0939. The maximum absolute atomic E-state index is 12.1. The van der Waals surface area contributed by atoms with Gasteiger partial charge < -0.3 is 9.88 Å². The van der Waals surface area contributed by atoms with Crippen LogP contribution in [0.25, 0.3) is 11.0 Å². The standard InChI is InChI=1S/C15H20ClN3O/c1-5-10(4)17-14(20)11-6-7-13-12(8-11)18-15(16)19(13)9(2)3/h6-10H,5H2,1-4H3,(H,17,20)/t10-/m1/s1. The number of rotatable bonds is 4. The van der Waals surface area contributed by atoms with Gasteiger partial charge in [0.2, 0.25) is 5.28 Å². The molecule has 1 N–H and O–H groups in total. The van der Waals surface area contributed by atoms with Gasteiger partial charge in [0.15, 0.2) is 0 Å². The molecule has 2 rings (SSSR count). The summed E-state index contributed by atoms with van der Waals surface area (Å²) in [6, 6.07) is 5.90. The molecule has 0 radical (unpaired) electrons. The van der Waals surface area contributed by atoms with Crippen molar-refractivity contribution in [2.45, 2.75) is 46.2 Å². The van der Waals surface area contributed by atoms with Crippen LogP contribution in [0, 0.1) is 0 Å². The number of amides is 1. The van der Waals surface area contributed by atoms with Gasteiger partial charge in [0, 0.05) is 17.6 Å². The number of halogens is 1. The molecule has 1 aromatic heterocycles. The first-order valence-electron chi connectivity index (χ1n) is 6.92. The van der Waals surface area contributed by atoms with Crippen LogP contribution in [0.2, 0.25) is 5.28 Å². The van der Waals surface area contributed by atoms with Crippen LogP contribution in [0.15, 0.2) is 18.2 Å². The highest BCUT2D eigenvalue weighted by Gasteiger charge is 2.14. The van der Waals surface area contributed by atoms with E-state index in [1.54, 1.807) is 6.07 Å². The van der Waals surface area contributed by atoms with E-state index < -0.39 is 0 Å². The monoisotopic (exact) mass is 293 g/mol. The average molecular weight is 294 g/mol. The van der Waals surface area contributed by atoms with Crippen molar-refractivity contribution in [3.63, 3.8) is 0 Å². The Kier molecular flexibility index (Phi) is 4.33. The number of carbonyl (C=O) groups is 1. The Hall–Kier alpha value is -1.55. The summed E-state index contributed by atoms with van der Waals surface area (Å²) in [6.07, 6.45) is 0.905. The number of aromatic nitrogens is 2. The average Bonchev–Trinajstić information content (AvgIpc) is 2.73. The third-order valence-corrected chi connectivity index (χ3v) is 3.68. The second-order valence-electron chi connectivity index (χ2n) is 5.33. The fourth-order valence-electron chi connectivity index (χ4n) is 2.11. The SMILES string of the molecule is CC[C@@H](C)NC(=O)c1ccc2c(c1)nc(Cl)n2C(C)C. The van der Waals surface area contributed by atoms with Gasteiger partial charge in [-0.2, -0.15) is 0 Å². The van der Waals surface area contributed by atoms with Gasteiger partial charge in [0.25, 0.3) is 5.91 Å². The van der Waals surface area contributed by atoms with E-state index >= 15 is 0 Å². The van der Waals surface area contributed by atoms with Crippen molar-refractivity contribution in [3.05, 3.63) is 29.0 Å². The lowest BCUT2D eigenvalue weighted by Gasteiger charge is -2.12. The molecule has 4 nitrogen and oxygen atoms in total. The molecule has 0 fully saturated rings. The van der Waals surface area contributed by atoms with Crippen LogP contribution in [0.4, 0.5) is 0 Å². The van der Waals surface area contributed by atoms with Crippen molar-refractivity contribution >= 4 is 28.5 Å². The molecular formula is C15H20ClN3O. The van der Waals surface area contributed by atoms with Gasteiger partial charge in [0.1, 0.15) is 0 Å². The lowest BCUT2D eigenvalue weighted by Crippen LogP contribution is -2.31. The molecule has 1 amide bonds. The Bertz CT molecular complexity index is 633. The molecule has 108 valence electrons. The molecular weight excluding hydrogens is 274 g/mol. The molecule has 5 heteroatoms. The van der Waals surface area contributed by atoms with E-state index in [2.05, 4.69) is 24.1 Å². The predicted octanol–water partition coefficient (Wildman–Crippen LogP) is 3.80. The summed E-state index contributed by atoms with van der Waals surface area (Å²) in [5.41, 5.74) is 2.31. The zero-order valence-corrected chi connectivity index (χ0v) is 13.0. The van der Waals surface area contributed by atoms with Gasteiger partial charge >= 0.3 is 0 Å². The fraction of sp³-hybridized carbons (Fsp3) is 0.467. The number of hydrogen-bond acceptors (Lipinski definition) is 2. The number of fused-ring (bicyclic) bond motifs is 1. The summed E-state index contributed by atoms with van der Waals surface area (Å²) in [4.78, 5) is 16.4. The predicted molar refractivity (Wildman–Crippen MR) is 82.3 cm³/mol. The van der Waals surface area contributed by atoms with Crippen LogP contribution in [0.5, 0.6) is 0 Å². The Labute approximate surface area is 124 Å². The molecule has 2 aromatic rings. The summed E-state index contributed by atoms with van der Waals surface area (Å²) in [6.45, 7) is 8.13. The zero-order chi connectivity index (χ0) is 14.9. The van der Waals surface area contributed by atoms with E-state index in [4.69, 9.17) is 11.6 Å². The number of carbonyl (C=O) groups excluding carboxylic acids is 1. The van der Waals surface area contributed by atoms with Crippen molar-refractivity contribution in [2.75, 3.05) is 0 Å². The van der Waals surface area contributed by atoms with Gasteiger partial charge in [-0.3, -0.25) is 4.79 Å². The third kappa shape index (κ3) is 2.80. The van der Waals surface area contributed by atoms with Crippen LogP contribution in [0.1, 0.15) is 50.5 Å². The van der Waals surface area contributed by atoms with Gasteiger partial charge in [-0.25, -0.2) is 4.98 Å². The van der Waals surface area contributed by atoms with Crippen molar-refractivity contribution in [1.82, 2.24) is 14.9 Å². The highest BCUT2D eigenvalue weighted by atomic mass is 35.5. The summed E-state index contributed by atoms with van der Waals surface area (Å²) in [5, 5.41) is 3.40. The first-order valence-corrected chi connectivity index (χ1v) is 7.30. The van der Waals surface area contributed by atoms with Crippen LogP contribution in [0.3, 0.4) is 0 Å². The minimum Gasteiger partial charge on any atom is -0.350 e. The van der Waals surface area contributed by atoms with Gasteiger partial charge in [-0.15, -0.1) is 0 Å². The maximum Gasteiger partial charge on any atom is 0.251 e. The minimum atomic E-state index is -0.0727. The van der Waals surface area contributed by atoms with Gasteiger partial charge in [-0.1, -0.05) is 6.92 Å². The fourth-order valence-corrected chi connectivity index (χ4v) is 2.49. The lowest BCUT2D eigenvalue weighted by atomic mass is 10.1. The van der Waals surface area contributed by atoms with E-state index in [-0.39, 0.29) is 18.0 Å². The van der Waals surface area contributed by atoms with Crippen molar-refractivity contribution < 1.29 is 4.79 Å². The Morgan fingerprint density at radius 2 is 2.10 bits per heavy atom. The molecule has 0 spiro atoms. The first-order chi connectivity index (χ1) is 9.43. The molecule has 1 aromatic carbocycles. The van der Waals surface area contributed by atoms with Gasteiger partial charge in [-0.05, 0) is 57.0 Å². The summed E-state index contributed by atoms with van der Waals surface area (Å²) < 4.78 is 1.95. The minimum absolute atomic E-state index is 0.0727. The van der Waals surface area contributed by atoms with E-state index in [9.17, 15) is 4.79 Å². The third-order valence-electron chi connectivity index (χ3n) is 3.41. The Balaban J connectivity index is 2.38. The maximum atomic E-state index is 12.1. The van der Waals surface area contributed by atoms with Crippen LogP contribution in [-0.2, 0) is 0 Å². The summed E-state index contributed by atoms with van der Waals surface area (Å²) in [5.74, 6) is -0.0727. The second kappa shape index (κ2) is 5.83. The summed E-state index contributed by atoms with van der Waals surface area (Å²) in [7, 11) is 0. The number of imidazole rings is 1. The molecule has 0 unspecified atom stereocenters. The topological polar surface area (TPSA) is 46.9 Å². The normalized spacial score (nSPS) is 12.9. The van der Waals surface area contributed by atoms with E-state index in [1.807, 2.05) is 30.5 Å². The number of nitrogens with zero attached hydrogens (tertiary/aromatic N) is 2.